The highest BCUT2D eigenvalue weighted by Gasteiger charge is 2.39. The summed E-state index contributed by atoms with van der Waals surface area (Å²) in [6.45, 7) is 11.7. The van der Waals surface area contributed by atoms with E-state index < -0.39 is 8.07 Å². The quantitative estimate of drug-likeness (QED) is 0.111. The van der Waals surface area contributed by atoms with Crippen molar-refractivity contribution in [2.75, 3.05) is 4.90 Å². The fourth-order valence-electron chi connectivity index (χ4n) is 7.40. The first-order chi connectivity index (χ1) is 22.6. The van der Waals surface area contributed by atoms with Crippen LogP contribution in [0.1, 0.15) is 59.0 Å². The largest absolute Gasteiger partial charge is 0.311 e. The molecule has 3 nitrogen and oxygen atoms in total. The SMILES string of the molecule is CCC(C)(C)c1ccc(N2c3ccccc3[Si](C)(C)c3cc4cc(C=C5C(=O)c6cc7ccccc7cc6C5=O)ccc4cc32)cc1. The third kappa shape index (κ3) is 4.54. The minimum absolute atomic E-state index is 0.124. The highest BCUT2D eigenvalue weighted by Crippen LogP contribution is 2.41. The Bertz CT molecular complexity index is 2270. The van der Waals surface area contributed by atoms with Gasteiger partial charge >= 0.3 is 0 Å². The Balaban J connectivity index is 1.24. The van der Waals surface area contributed by atoms with Gasteiger partial charge in [-0.05, 0) is 103 Å². The topological polar surface area (TPSA) is 37.4 Å². The normalized spacial score (nSPS) is 15.2. The van der Waals surface area contributed by atoms with Gasteiger partial charge in [0.25, 0.3) is 0 Å². The maximum atomic E-state index is 13.5. The molecular weight excluding hydrogens is 591 g/mol. The van der Waals surface area contributed by atoms with E-state index in [4.69, 9.17) is 0 Å². The minimum atomic E-state index is -2.08. The lowest BCUT2D eigenvalue weighted by atomic mass is 9.82. The van der Waals surface area contributed by atoms with Crippen LogP contribution in [0.25, 0.3) is 27.6 Å². The third-order valence-corrected chi connectivity index (χ3v) is 14.2. The number of carbonyl (C=O) groups excluding carboxylic acids is 2. The Kier molecular flexibility index (Phi) is 6.54. The maximum absolute atomic E-state index is 13.5. The molecule has 6 aromatic rings. The number of allylic oxidation sites excluding steroid dienone is 1. The molecule has 6 aromatic carbocycles. The van der Waals surface area contributed by atoms with Gasteiger partial charge in [-0.25, -0.2) is 0 Å². The number of hydrogen-bond donors (Lipinski definition) is 0. The van der Waals surface area contributed by atoms with Crippen LogP contribution >= 0.6 is 0 Å². The zero-order chi connectivity index (χ0) is 32.7. The van der Waals surface area contributed by atoms with Crippen LogP contribution in [0.15, 0.2) is 121 Å². The van der Waals surface area contributed by atoms with Crippen LogP contribution in [0.2, 0.25) is 13.1 Å². The van der Waals surface area contributed by atoms with Crippen LogP contribution in [-0.4, -0.2) is 19.6 Å². The first kappa shape index (κ1) is 29.3. The summed E-state index contributed by atoms with van der Waals surface area (Å²) in [5.41, 5.74) is 7.18. The van der Waals surface area contributed by atoms with Gasteiger partial charge in [-0.2, -0.15) is 0 Å². The molecule has 2 aliphatic rings. The van der Waals surface area contributed by atoms with Gasteiger partial charge < -0.3 is 4.90 Å². The van der Waals surface area contributed by atoms with Crippen LogP contribution in [-0.2, 0) is 5.41 Å². The van der Waals surface area contributed by atoms with Crippen molar-refractivity contribution in [1.29, 1.82) is 0 Å². The van der Waals surface area contributed by atoms with Crippen LogP contribution < -0.4 is 15.3 Å². The van der Waals surface area contributed by atoms with E-state index in [9.17, 15) is 9.59 Å². The molecule has 0 spiro atoms. The van der Waals surface area contributed by atoms with E-state index in [0.29, 0.717) is 11.1 Å². The van der Waals surface area contributed by atoms with E-state index >= 15 is 0 Å². The van der Waals surface area contributed by atoms with Gasteiger partial charge in [-0.3, -0.25) is 9.59 Å². The summed E-state index contributed by atoms with van der Waals surface area (Å²) < 4.78 is 0. The van der Waals surface area contributed by atoms with Gasteiger partial charge in [0.15, 0.2) is 11.6 Å². The van der Waals surface area contributed by atoms with E-state index in [1.165, 1.54) is 27.3 Å². The van der Waals surface area contributed by atoms with Crippen molar-refractivity contribution in [1.82, 2.24) is 0 Å². The van der Waals surface area contributed by atoms with Gasteiger partial charge in [-0.1, -0.05) is 107 Å². The number of benzene rings is 6. The Morgan fingerprint density at radius 1 is 0.638 bits per heavy atom. The van der Waals surface area contributed by atoms with E-state index in [-0.39, 0.29) is 22.6 Å². The molecule has 8 rings (SSSR count). The lowest BCUT2D eigenvalue weighted by Crippen LogP contribution is -2.58. The fourth-order valence-corrected chi connectivity index (χ4v) is 10.4. The number of hydrogen-bond acceptors (Lipinski definition) is 3. The summed E-state index contributed by atoms with van der Waals surface area (Å²) in [4.78, 5) is 29.4. The third-order valence-electron chi connectivity index (χ3n) is 10.7. The smallest absolute Gasteiger partial charge is 0.197 e. The number of Topliss-reactive ketones (excluding diaryl/α,β-unsaturated/α-hetero) is 2. The molecule has 0 saturated carbocycles. The molecule has 4 heteroatoms. The lowest BCUT2D eigenvalue weighted by molar-refractivity contribution is 0.0990. The summed E-state index contributed by atoms with van der Waals surface area (Å²) in [6.07, 6.45) is 2.86. The monoisotopic (exact) mass is 627 g/mol. The van der Waals surface area contributed by atoms with Crippen molar-refractivity contribution in [2.24, 2.45) is 0 Å². The van der Waals surface area contributed by atoms with E-state index in [1.54, 1.807) is 6.08 Å². The minimum Gasteiger partial charge on any atom is -0.311 e. The molecule has 47 heavy (non-hydrogen) atoms. The number of rotatable bonds is 4. The molecule has 0 aromatic heterocycles. The molecule has 0 radical (unpaired) electrons. The molecule has 0 fully saturated rings. The summed E-state index contributed by atoms with van der Waals surface area (Å²) >= 11 is 0. The van der Waals surface area contributed by atoms with Crippen molar-refractivity contribution in [3.63, 3.8) is 0 Å². The van der Waals surface area contributed by atoms with Crippen molar-refractivity contribution in [3.8, 4) is 0 Å². The van der Waals surface area contributed by atoms with E-state index in [2.05, 4.69) is 112 Å². The zero-order valence-electron chi connectivity index (χ0n) is 27.5. The second-order valence-electron chi connectivity index (χ2n) is 14.2. The standard InChI is InChI=1S/C43H37NO2Si/c1-6-43(2,3)32-17-19-33(20-18-32)44-37-13-9-10-14-39(37)47(4,5)40-26-31-21-27(15-16-30(31)25-38(40)44)22-36-41(45)34-23-28-11-7-8-12-29(28)24-35(34)42(36)46/h7-26H,6H2,1-5H3. The number of carbonyl (C=O) groups is 2. The van der Waals surface area contributed by atoms with Crippen molar-refractivity contribution < 1.29 is 9.59 Å². The summed E-state index contributed by atoms with van der Waals surface area (Å²) in [5, 5.41) is 6.95. The Morgan fingerprint density at radius 3 is 1.91 bits per heavy atom. The molecule has 0 atom stereocenters. The first-order valence-electron chi connectivity index (χ1n) is 16.5. The Morgan fingerprint density at radius 2 is 1.26 bits per heavy atom. The number of ketones is 2. The second kappa shape index (κ2) is 10.5. The molecule has 230 valence electrons. The molecule has 1 aliphatic carbocycles. The van der Waals surface area contributed by atoms with Crippen LogP contribution in [0.3, 0.4) is 0 Å². The highest BCUT2D eigenvalue weighted by molar-refractivity contribution is 7.02. The molecule has 0 bridgehead atoms. The highest BCUT2D eigenvalue weighted by atomic mass is 28.3. The van der Waals surface area contributed by atoms with Crippen LogP contribution in [0, 0.1) is 0 Å². The van der Waals surface area contributed by atoms with E-state index in [0.717, 1.165) is 39.2 Å². The fraction of sp³-hybridized carbons (Fsp3) is 0.163. The average Bonchev–Trinajstić information content (AvgIpc) is 3.31. The Labute approximate surface area is 277 Å². The second-order valence-corrected chi connectivity index (χ2v) is 18.5. The number of anilines is 3. The summed E-state index contributed by atoms with van der Waals surface area (Å²) in [6, 6.07) is 40.5. The molecule has 0 amide bonds. The van der Waals surface area contributed by atoms with Gasteiger partial charge in [-0.15, -0.1) is 0 Å². The van der Waals surface area contributed by atoms with Gasteiger partial charge in [0.05, 0.1) is 5.57 Å². The average molecular weight is 628 g/mol. The Hall–Kier alpha value is -5.06. The van der Waals surface area contributed by atoms with Crippen LogP contribution in [0.4, 0.5) is 17.1 Å². The van der Waals surface area contributed by atoms with E-state index in [1.807, 2.05) is 42.5 Å². The summed E-state index contributed by atoms with van der Waals surface area (Å²) in [7, 11) is -2.08. The maximum Gasteiger partial charge on any atom is 0.197 e. The number of nitrogens with zero attached hydrogens (tertiary/aromatic N) is 1. The lowest BCUT2D eigenvalue weighted by Gasteiger charge is -2.41. The molecule has 1 heterocycles. The van der Waals surface area contributed by atoms with Gasteiger partial charge in [0.2, 0.25) is 0 Å². The number of fused-ring (bicyclic) bond motifs is 5. The van der Waals surface area contributed by atoms with Gasteiger partial charge in [0, 0.05) is 28.2 Å². The molecule has 0 N–H and O–H groups in total. The predicted molar refractivity (Wildman–Crippen MR) is 199 cm³/mol. The van der Waals surface area contributed by atoms with Crippen molar-refractivity contribution in [2.45, 2.75) is 45.7 Å². The molecular formula is C43H37NO2Si. The zero-order valence-corrected chi connectivity index (χ0v) is 28.5. The van der Waals surface area contributed by atoms with Crippen LogP contribution in [0.5, 0.6) is 0 Å². The summed E-state index contributed by atoms with van der Waals surface area (Å²) in [5.74, 6) is -0.397. The first-order valence-corrected chi connectivity index (χ1v) is 19.5. The predicted octanol–water partition coefficient (Wildman–Crippen LogP) is 9.75. The molecule has 0 saturated heterocycles. The van der Waals surface area contributed by atoms with Gasteiger partial charge in [0.1, 0.15) is 8.07 Å². The van der Waals surface area contributed by atoms with Crippen molar-refractivity contribution in [3.05, 3.63) is 143 Å². The molecule has 1 aliphatic heterocycles. The number of para-hydroxylation sites is 1. The van der Waals surface area contributed by atoms with Crippen molar-refractivity contribution >= 4 is 74.7 Å². The molecule has 0 unspecified atom stereocenters.